The summed E-state index contributed by atoms with van der Waals surface area (Å²) in [4.78, 5) is 38.2. The van der Waals surface area contributed by atoms with Crippen LogP contribution >= 0.6 is 0 Å². The Labute approximate surface area is 286 Å². The van der Waals surface area contributed by atoms with Crippen LogP contribution in [0, 0.1) is 0 Å². The maximum atomic E-state index is 11.5. The zero-order valence-electron chi connectivity index (χ0n) is 26.3. The lowest BCUT2D eigenvalue weighted by Crippen LogP contribution is -2.11. The number of carbonyl (C=O) groups is 3. The van der Waals surface area contributed by atoms with Crippen LogP contribution < -0.4 is 9.80 Å². The Kier molecular flexibility index (Phi) is 9.39. The molecule has 6 aromatic rings. The summed E-state index contributed by atoms with van der Waals surface area (Å²) in [6.45, 7) is 0. The second-order valence-corrected chi connectivity index (χ2v) is 11.3. The van der Waals surface area contributed by atoms with Crippen molar-refractivity contribution < 1.29 is 39.9 Å². The number of anilines is 6. The van der Waals surface area contributed by atoms with Crippen LogP contribution in [0.25, 0.3) is 11.1 Å². The van der Waals surface area contributed by atoms with E-state index in [-0.39, 0.29) is 16.7 Å². The van der Waals surface area contributed by atoms with Gasteiger partial charge in [0, 0.05) is 39.7 Å². The molecule has 0 spiro atoms. The van der Waals surface area contributed by atoms with Gasteiger partial charge in [0.05, 0.1) is 16.7 Å². The van der Waals surface area contributed by atoms with Crippen LogP contribution in [0.1, 0.15) is 42.9 Å². The van der Waals surface area contributed by atoms with E-state index in [0.717, 1.165) is 28.2 Å². The highest BCUT2D eigenvalue weighted by atomic mass is 16.5. The van der Waals surface area contributed by atoms with E-state index in [0.29, 0.717) is 22.6 Å². The van der Waals surface area contributed by atoms with Gasteiger partial charge in [-0.05, 0) is 120 Å². The molecule has 0 aliphatic rings. The van der Waals surface area contributed by atoms with E-state index in [1.165, 1.54) is 36.4 Å². The molecular formula is C40H30N2O8. The molecule has 0 aliphatic carbocycles. The minimum atomic E-state index is -1.61. The van der Waals surface area contributed by atoms with Gasteiger partial charge in [0.15, 0.2) is 6.29 Å². The van der Waals surface area contributed by atoms with Gasteiger partial charge in [-0.3, -0.25) is 0 Å². The summed E-state index contributed by atoms with van der Waals surface area (Å²) in [6, 6.07) is 41.6. The van der Waals surface area contributed by atoms with E-state index < -0.39 is 24.2 Å². The summed E-state index contributed by atoms with van der Waals surface area (Å²) >= 11 is 0. The van der Waals surface area contributed by atoms with Crippen molar-refractivity contribution in [2.24, 2.45) is 0 Å². The van der Waals surface area contributed by atoms with E-state index in [2.05, 4.69) is 0 Å². The third-order valence-corrected chi connectivity index (χ3v) is 8.15. The van der Waals surface area contributed by atoms with Gasteiger partial charge in [0.1, 0.15) is 0 Å². The number of carboxylic acids is 3. The van der Waals surface area contributed by atoms with Crippen LogP contribution in [0.5, 0.6) is 0 Å². The van der Waals surface area contributed by atoms with Crippen molar-refractivity contribution in [2.45, 2.75) is 6.29 Å². The third kappa shape index (κ3) is 7.07. The largest absolute Gasteiger partial charge is 0.478 e. The van der Waals surface area contributed by atoms with Gasteiger partial charge in [-0.2, -0.15) is 0 Å². The first-order valence-electron chi connectivity index (χ1n) is 15.4. The summed E-state index contributed by atoms with van der Waals surface area (Å²) in [7, 11) is 0. The van der Waals surface area contributed by atoms with Gasteiger partial charge < -0.3 is 35.3 Å². The van der Waals surface area contributed by atoms with Crippen LogP contribution in [-0.2, 0) is 0 Å². The first-order chi connectivity index (χ1) is 24.1. The van der Waals surface area contributed by atoms with Gasteiger partial charge in [-0.25, -0.2) is 14.4 Å². The highest BCUT2D eigenvalue weighted by molar-refractivity contribution is 5.91. The summed E-state index contributed by atoms with van der Waals surface area (Å²) in [5.74, 6) is -3.11. The number of aliphatic hydroxyl groups excluding tert-OH is 1. The Hall–Kier alpha value is -6.75. The lowest BCUT2D eigenvalue weighted by atomic mass is 10.0. The first kappa shape index (κ1) is 33.2. The third-order valence-electron chi connectivity index (χ3n) is 8.15. The number of hydrogen-bond donors (Lipinski definition) is 5. The maximum Gasteiger partial charge on any atom is 0.335 e. The average molecular weight is 667 g/mol. The maximum absolute atomic E-state index is 11.5. The minimum absolute atomic E-state index is 0.144. The molecule has 248 valence electrons. The molecule has 0 amide bonds. The van der Waals surface area contributed by atoms with Crippen molar-refractivity contribution in [3.63, 3.8) is 0 Å². The molecule has 0 bridgehead atoms. The Bertz CT molecular complexity index is 2070. The molecular weight excluding hydrogens is 636 g/mol. The van der Waals surface area contributed by atoms with Crippen LogP contribution in [0.2, 0.25) is 0 Å². The van der Waals surface area contributed by atoms with Crippen molar-refractivity contribution >= 4 is 52.0 Å². The molecule has 0 unspecified atom stereocenters. The number of benzene rings is 6. The zero-order valence-corrected chi connectivity index (χ0v) is 26.3. The first-order valence-corrected chi connectivity index (χ1v) is 15.4. The predicted molar refractivity (Wildman–Crippen MR) is 189 cm³/mol. The normalized spacial score (nSPS) is 10.9. The highest BCUT2D eigenvalue weighted by Gasteiger charge is 2.17. The fourth-order valence-corrected chi connectivity index (χ4v) is 5.56. The lowest BCUT2D eigenvalue weighted by molar-refractivity contribution is -0.0424. The quantitative estimate of drug-likeness (QED) is 0.0851. The Morgan fingerprint density at radius 3 is 0.800 bits per heavy atom. The SMILES string of the molecule is O=C(O)c1ccc(N(c2ccc(C(=O)O)cc2)c2ccc(-c3ccc(N(c4ccc(C(=O)O)cc4)c4ccc(C(O)O)cc4)cc3)cc2)cc1. The summed E-state index contributed by atoms with van der Waals surface area (Å²) in [5, 5.41) is 47.3. The smallest absolute Gasteiger partial charge is 0.335 e. The van der Waals surface area contributed by atoms with Gasteiger partial charge in [-0.15, -0.1) is 0 Å². The van der Waals surface area contributed by atoms with E-state index in [1.54, 1.807) is 60.7 Å². The average Bonchev–Trinajstić information content (AvgIpc) is 3.13. The van der Waals surface area contributed by atoms with Gasteiger partial charge in [0.25, 0.3) is 0 Å². The second-order valence-electron chi connectivity index (χ2n) is 11.3. The fraction of sp³-hybridized carbons (Fsp3) is 0.0250. The molecule has 0 atom stereocenters. The zero-order chi connectivity index (χ0) is 35.4. The van der Waals surface area contributed by atoms with E-state index >= 15 is 0 Å². The fourth-order valence-electron chi connectivity index (χ4n) is 5.56. The van der Waals surface area contributed by atoms with E-state index in [4.69, 9.17) is 0 Å². The molecule has 0 saturated heterocycles. The van der Waals surface area contributed by atoms with E-state index in [9.17, 15) is 39.9 Å². The van der Waals surface area contributed by atoms with Crippen molar-refractivity contribution in [2.75, 3.05) is 9.80 Å². The molecule has 6 aromatic carbocycles. The van der Waals surface area contributed by atoms with Crippen LogP contribution in [-0.4, -0.2) is 43.4 Å². The summed E-state index contributed by atoms with van der Waals surface area (Å²) in [6.07, 6.45) is -1.61. The van der Waals surface area contributed by atoms with Crippen molar-refractivity contribution in [3.05, 3.63) is 168 Å². The van der Waals surface area contributed by atoms with Crippen LogP contribution in [0.15, 0.2) is 146 Å². The highest BCUT2D eigenvalue weighted by Crippen LogP contribution is 2.38. The molecule has 50 heavy (non-hydrogen) atoms. The lowest BCUT2D eigenvalue weighted by Gasteiger charge is -2.26. The number of aliphatic hydroxyl groups is 2. The van der Waals surface area contributed by atoms with Crippen molar-refractivity contribution in [3.8, 4) is 11.1 Å². The molecule has 10 nitrogen and oxygen atoms in total. The molecule has 0 radical (unpaired) electrons. The number of nitrogens with zero attached hydrogens (tertiary/aromatic N) is 2. The Morgan fingerprint density at radius 2 is 0.580 bits per heavy atom. The summed E-state index contributed by atoms with van der Waals surface area (Å²) < 4.78 is 0. The van der Waals surface area contributed by atoms with E-state index in [1.807, 2.05) is 58.3 Å². The summed E-state index contributed by atoms with van der Waals surface area (Å²) in [5.41, 5.74) is 6.97. The Balaban J connectivity index is 1.32. The molecule has 6 rings (SSSR count). The Morgan fingerprint density at radius 1 is 0.360 bits per heavy atom. The topological polar surface area (TPSA) is 159 Å². The van der Waals surface area contributed by atoms with Crippen molar-refractivity contribution in [1.29, 1.82) is 0 Å². The molecule has 0 saturated carbocycles. The number of rotatable bonds is 11. The molecule has 5 N–H and O–H groups in total. The molecule has 0 aliphatic heterocycles. The van der Waals surface area contributed by atoms with Crippen LogP contribution in [0.3, 0.4) is 0 Å². The molecule has 10 heteroatoms. The number of hydrogen-bond acceptors (Lipinski definition) is 7. The molecule has 0 aromatic heterocycles. The predicted octanol–water partition coefficient (Wildman–Crippen LogP) is 8.37. The van der Waals surface area contributed by atoms with Gasteiger partial charge in [-0.1, -0.05) is 36.4 Å². The standard InChI is InChI=1S/C40H30N2O8/c43-37(44)27-5-17-33(18-6-27)41(34-19-7-28(8-20-34)38(45)46)31-13-1-25(2-14-31)26-3-15-32(16-4-26)42(35-21-9-29(10-22-35)39(47)48)36-23-11-30(12-24-36)40(49)50/h1-24,37,43-44H,(H,45,46)(H,47,48)(H,49,50). The molecule has 0 fully saturated rings. The molecule has 0 heterocycles. The van der Waals surface area contributed by atoms with Gasteiger partial charge in [0.2, 0.25) is 0 Å². The van der Waals surface area contributed by atoms with Crippen LogP contribution in [0.4, 0.5) is 34.1 Å². The number of aromatic carboxylic acids is 3. The second kappa shape index (κ2) is 14.2. The monoisotopic (exact) mass is 666 g/mol. The van der Waals surface area contributed by atoms with Gasteiger partial charge >= 0.3 is 17.9 Å². The van der Waals surface area contributed by atoms with Crippen molar-refractivity contribution in [1.82, 2.24) is 0 Å². The number of carboxylic acid groups (broad SMARTS) is 3. The minimum Gasteiger partial charge on any atom is -0.478 e.